The molecule has 0 radical (unpaired) electrons. The highest BCUT2D eigenvalue weighted by Crippen LogP contribution is 2.35. The number of anilines is 2. The van der Waals surface area contributed by atoms with Crippen molar-refractivity contribution in [2.75, 3.05) is 30.8 Å². The molecule has 0 spiro atoms. The number of aromatic nitrogens is 2. The molecule has 8 nitrogen and oxygen atoms in total. The first-order valence-corrected chi connectivity index (χ1v) is 8.72. The molecular weight excluding hydrogens is 334 g/mol. The molecule has 2 aromatic rings. The molecule has 0 aliphatic carbocycles. The average Bonchev–Trinajstić information content (AvgIpc) is 3.32. The van der Waals surface area contributed by atoms with Crippen LogP contribution in [0.15, 0.2) is 18.3 Å². The minimum absolute atomic E-state index is 0.0224. The zero-order chi connectivity index (χ0) is 18.1. The lowest BCUT2D eigenvalue weighted by molar-refractivity contribution is -0.116. The van der Waals surface area contributed by atoms with Gasteiger partial charge in [-0.1, -0.05) is 0 Å². The molecule has 1 atom stereocenters. The third-order valence-electron chi connectivity index (χ3n) is 4.95. The second-order valence-electron chi connectivity index (χ2n) is 6.60. The van der Waals surface area contributed by atoms with Crippen molar-refractivity contribution in [2.45, 2.75) is 25.2 Å². The highest BCUT2D eigenvalue weighted by atomic mass is 16.5. The van der Waals surface area contributed by atoms with Gasteiger partial charge in [-0.05, 0) is 37.1 Å². The predicted molar refractivity (Wildman–Crippen MR) is 96.7 cm³/mol. The first-order chi connectivity index (χ1) is 12.7. The highest BCUT2D eigenvalue weighted by molar-refractivity contribution is 6.06. The summed E-state index contributed by atoms with van der Waals surface area (Å²) >= 11 is 0. The van der Waals surface area contributed by atoms with E-state index in [4.69, 9.17) is 4.74 Å². The molecule has 1 fully saturated rings. The first-order valence-electron chi connectivity index (χ1n) is 8.72. The van der Waals surface area contributed by atoms with E-state index in [2.05, 4.69) is 26.1 Å². The quantitative estimate of drug-likeness (QED) is 0.667. The first kappa shape index (κ1) is 16.6. The third kappa shape index (κ3) is 3.03. The molecule has 4 N–H and O–H groups in total. The van der Waals surface area contributed by atoms with Crippen LogP contribution < -0.4 is 20.7 Å². The molecular formula is C18H21N5O3. The molecule has 0 saturated carbocycles. The molecule has 3 heterocycles. The largest absolute Gasteiger partial charge is 0.495 e. The summed E-state index contributed by atoms with van der Waals surface area (Å²) in [5.41, 5.74) is 3.61. The number of H-pyrrole nitrogens is 1. The number of carbonyl (C=O) groups excluding carboxylic acids is 2. The van der Waals surface area contributed by atoms with Crippen LogP contribution in [0.4, 0.5) is 11.4 Å². The Morgan fingerprint density at radius 2 is 2.23 bits per heavy atom. The van der Waals surface area contributed by atoms with E-state index in [0.29, 0.717) is 35.5 Å². The fraction of sp³-hybridized carbons (Fsp3) is 0.389. The number of rotatable bonds is 4. The minimum Gasteiger partial charge on any atom is -0.495 e. The van der Waals surface area contributed by atoms with Gasteiger partial charge in [0.05, 0.1) is 30.3 Å². The van der Waals surface area contributed by atoms with Crippen LogP contribution in [0.3, 0.4) is 0 Å². The summed E-state index contributed by atoms with van der Waals surface area (Å²) in [7, 11) is 1.56. The summed E-state index contributed by atoms with van der Waals surface area (Å²) in [6, 6.07) is 3.61. The Labute approximate surface area is 150 Å². The van der Waals surface area contributed by atoms with E-state index in [1.807, 2.05) is 6.07 Å². The summed E-state index contributed by atoms with van der Waals surface area (Å²) < 4.78 is 5.43. The van der Waals surface area contributed by atoms with Gasteiger partial charge in [0.25, 0.3) is 5.91 Å². The fourth-order valence-electron chi connectivity index (χ4n) is 3.55. The van der Waals surface area contributed by atoms with Gasteiger partial charge >= 0.3 is 0 Å². The van der Waals surface area contributed by atoms with Crippen molar-refractivity contribution in [1.82, 2.24) is 15.5 Å². The second kappa shape index (κ2) is 6.80. The predicted octanol–water partition coefficient (Wildman–Crippen LogP) is 1.63. The fourth-order valence-corrected chi connectivity index (χ4v) is 3.55. The number of fused-ring (bicyclic) bond motifs is 1. The Bertz CT molecular complexity index is 855. The molecule has 0 bridgehead atoms. The number of nitrogens with one attached hydrogen (secondary N) is 4. The Morgan fingerprint density at radius 1 is 1.35 bits per heavy atom. The van der Waals surface area contributed by atoms with Crippen molar-refractivity contribution in [3.05, 3.63) is 35.2 Å². The van der Waals surface area contributed by atoms with E-state index in [-0.39, 0.29) is 17.7 Å². The van der Waals surface area contributed by atoms with Gasteiger partial charge in [-0.25, -0.2) is 0 Å². The Morgan fingerprint density at radius 3 is 3.00 bits per heavy atom. The number of aryl methyl sites for hydroxylation is 1. The molecule has 1 aromatic heterocycles. The Hall–Kier alpha value is -2.87. The van der Waals surface area contributed by atoms with Crippen LogP contribution in [-0.2, 0) is 11.2 Å². The monoisotopic (exact) mass is 355 g/mol. The van der Waals surface area contributed by atoms with E-state index in [1.54, 1.807) is 19.4 Å². The van der Waals surface area contributed by atoms with Crippen LogP contribution in [-0.4, -0.2) is 42.2 Å². The number of hydrogen-bond acceptors (Lipinski definition) is 5. The topological polar surface area (TPSA) is 108 Å². The van der Waals surface area contributed by atoms with Gasteiger partial charge in [0.15, 0.2) is 0 Å². The number of aromatic amines is 1. The summed E-state index contributed by atoms with van der Waals surface area (Å²) in [6.45, 7) is 1.76. The molecule has 2 aliphatic rings. The van der Waals surface area contributed by atoms with E-state index >= 15 is 0 Å². The van der Waals surface area contributed by atoms with Crippen LogP contribution >= 0.6 is 0 Å². The maximum Gasteiger partial charge on any atom is 0.259 e. The smallest absolute Gasteiger partial charge is 0.259 e. The normalized spacial score (nSPS) is 19.0. The molecule has 8 heteroatoms. The van der Waals surface area contributed by atoms with Gasteiger partial charge in [-0.3, -0.25) is 14.7 Å². The lowest BCUT2D eigenvalue weighted by Gasteiger charge is -2.20. The number of carbonyl (C=O) groups is 2. The van der Waals surface area contributed by atoms with Crippen LogP contribution in [0.2, 0.25) is 0 Å². The number of benzene rings is 1. The summed E-state index contributed by atoms with van der Waals surface area (Å²) in [6.07, 6.45) is 3.63. The Kier molecular flexibility index (Phi) is 4.34. The van der Waals surface area contributed by atoms with E-state index < -0.39 is 0 Å². The second-order valence-corrected chi connectivity index (χ2v) is 6.60. The summed E-state index contributed by atoms with van der Waals surface area (Å²) in [5, 5.41) is 16.0. The van der Waals surface area contributed by atoms with Crippen LogP contribution in [0, 0.1) is 0 Å². The van der Waals surface area contributed by atoms with Crippen LogP contribution in [0.1, 0.15) is 40.4 Å². The van der Waals surface area contributed by atoms with Gasteiger partial charge in [-0.15, -0.1) is 0 Å². The molecule has 26 heavy (non-hydrogen) atoms. The van der Waals surface area contributed by atoms with Crippen molar-refractivity contribution in [3.63, 3.8) is 0 Å². The number of methoxy groups -OCH3 is 1. The van der Waals surface area contributed by atoms with E-state index in [1.165, 1.54) is 0 Å². The average molecular weight is 355 g/mol. The molecule has 2 amide bonds. The standard InChI is InChI=1S/C18H21N5O3/c1-26-15-6-10-2-3-16(24)21-13(10)7-14(15)22-18(25)12-9-20-23-17(12)11-4-5-19-8-11/h6-7,9,11,19H,2-5,8H2,1H3,(H,20,23)(H,21,24)(H,22,25). The maximum atomic E-state index is 12.8. The van der Waals surface area contributed by atoms with Crippen molar-refractivity contribution < 1.29 is 14.3 Å². The summed E-state index contributed by atoms with van der Waals surface area (Å²) in [4.78, 5) is 24.5. The van der Waals surface area contributed by atoms with Crippen molar-refractivity contribution in [3.8, 4) is 5.75 Å². The molecule has 2 aliphatic heterocycles. The van der Waals surface area contributed by atoms with E-state index in [9.17, 15) is 9.59 Å². The molecule has 136 valence electrons. The van der Waals surface area contributed by atoms with Crippen molar-refractivity contribution in [2.24, 2.45) is 0 Å². The minimum atomic E-state index is -0.249. The lowest BCUT2D eigenvalue weighted by Crippen LogP contribution is -2.20. The van der Waals surface area contributed by atoms with Crippen LogP contribution in [0.5, 0.6) is 5.75 Å². The van der Waals surface area contributed by atoms with Gasteiger partial charge < -0.3 is 20.7 Å². The third-order valence-corrected chi connectivity index (χ3v) is 4.95. The number of nitrogens with zero attached hydrogens (tertiary/aromatic N) is 1. The Balaban J connectivity index is 1.61. The van der Waals surface area contributed by atoms with Crippen molar-refractivity contribution in [1.29, 1.82) is 0 Å². The van der Waals surface area contributed by atoms with Gasteiger partial charge in [-0.2, -0.15) is 5.10 Å². The number of amides is 2. The molecule has 1 unspecified atom stereocenters. The highest BCUT2D eigenvalue weighted by Gasteiger charge is 2.25. The molecule has 1 saturated heterocycles. The van der Waals surface area contributed by atoms with Crippen molar-refractivity contribution >= 4 is 23.2 Å². The van der Waals surface area contributed by atoms with Gasteiger partial charge in [0.1, 0.15) is 5.75 Å². The molecule has 1 aromatic carbocycles. The van der Waals surface area contributed by atoms with E-state index in [0.717, 1.165) is 30.8 Å². The van der Waals surface area contributed by atoms with Crippen LogP contribution in [0.25, 0.3) is 0 Å². The number of ether oxygens (including phenoxy) is 1. The lowest BCUT2D eigenvalue weighted by atomic mass is 10.00. The van der Waals surface area contributed by atoms with Gasteiger partial charge in [0, 0.05) is 24.6 Å². The number of hydrogen-bond donors (Lipinski definition) is 4. The maximum absolute atomic E-state index is 12.8. The SMILES string of the molecule is COc1cc2c(cc1NC(=O)c1cn[nH]c1C1CCNC1)NC(=O)CC2. The summed E-state index contributed by atoms with van der Waals surface area (Å²) in [5.74, 6) is 0.552. The zero-order valence-corrected chi connectivity index (χ0v) is 14.5. The zero-order valence-electron chi connectivity index (χ0n) is 14.5. The van der Waals surface area contributed by atoms with Gasteiger partial charge in [0.2, 0.25) is 5.91 Å². The molecule has 4 rings (SSSR count).